The predicted octanol–water partition coefficient (Wildman–Crippen LogP) is 5.85. The summed E-state index contributed by atoms with van der Waals surface area (Å²) in [6.45, 7) is -2.95. The standard InChI is InChI=1S/C26H29F2N5O3S/c1-35-23(19-6-3-8-21(16-19)36-25(27)28)24(34)30-26-33-32-22(37-26)9-2-5-17-10-12-18(13-11-17)15-20-7-4-14-29-31-20/h3-4,6-8,14-17,23,25H,2,5,9-13H2,1H3,(H,30,33,34). The number of carbonyl (C=O) groups is 1. The highest BCUT2D eigenvalue weighted by Crippen LogP contribution is 2.33. The zero-order valence-electron chi connectivity index (χ0n) is 20.5. The van der Waals surface area contributed by atoms with E-state index in [1.165, 1.54) is 55.1 Å². The van der Waals surface area contributed by atoms with Gasteiger partial charge in [-0.3, -0.25) is 10.1 Å². The summed E-state index contributed by atoms with van der Waals surface area (Å²) in [5, 5.41) is 20.3. The van der Waals surface area contributed by atoms with E-state index in [4.69, 9.17) is 4.74 Å². The number of allylic oxidation sites excluding steroid dienone is 1. The summed E-state index contributed by atoms with van der Waals surface area (Å²) < 4.78 is 34.7. The smallest absolute Gasteiger partial charge is 0.387 e. The quantitative estimate of drug-likeness (QED) is 0.333. The molecule has 37 heavy (non-hydrogen) atoms. The Kier molecular flexibility index (Phi) is 9.61. The number of nitrogens with zero attached hydrogens (tertiary/aromatic N) is 4. The number of amides is 1. The van der Waals surface area contributed by atoms with Crippen LogP contribution in [0.2, 0.25) is 0 Å². The van der Waals surface area contributed by atoms with Crippen molar-refractivity contribution >= 4 is 28.5 Å². The minimum absolute atomic E-state index is 0.0451. The summed E-state index contributed by atoms with van der Waals surface area (Å²) in [5.41, 5.74) is 2.75. The van der Waals surface area contributed by atoms with Crippen molar-refractivity contribution in [2.24, 2.45) is 5.92 Å². The fourth-order valence-corrected chi connectivity index (χ4v) is 5.23. The molecule has 1 unspecified atom stereocenters. The van der Waals surface area contributed by atoms with Gasteiger partial charge in [0.2, 0.25) is 5.13 Å². The molecule has 2 heterocycles. The molecule has 0 radical (unpaired) electrons. The Morgan fingerprint density at radius 1 is 1.19 bits per heavy atom. The van der Waals surface area contributed by atoms with Crippen molar-refractivity contribution in [1.29, 1.82) is 0 Å². The first-order valence-electron chi connectivity index (χ1n) is 12.2. The van der Waals surface area contributed by atoms with Gasteiger partial charge in [-0.05, 0) is 73.9 Å². The Bertz CT molecular complexity index is 1180. The molecule has 0 bridgehead atoms. The lowest BCUT2D eigenvalue weighted by atomic mass is 9.82. The number of hydrogen-bond donors (Lipinski definition) is 1. The van der Waals surface area contributed by atoms with Gasteiger partial charge in [-0.25, -0.2) is 0 Å². The Balaban J connectivity index is 1.22. The number of alkyl halides is 2. The van der Waals surface area contributed by atoms with Gasteiger partial charge in [0.25, 0.3) is 5.91 Å². The van der Waals surface area contributed by atoms with Crippen molar-refractivity contribution in [1.82, 2.24) is 20.4 Å². The van der Waals surface area contributed by atoms with Crippen LogP contribution in [0.1, 0.15) is 60.9 Å². The van der Waals surface area contributed by atoms with Crippen molar-refractivity contribution in [3.8, 4) is 5.75 Å². The summed E-state index contributed by atoms with van der Waals surface area (Å²) in [7, 11) is 1.37. The van der Waals surface area contributed by atoms with Gasteiger partial charge in [0.1, 0.15) is 10.8 Å². The molecule has 1 fully saturated rings. The fourth-order valence-electron chi connectivity index (χ4n) is 4.45. The second-order valence-electron chi connectivity index (χ2n) is 8.84. The largest absolute Gasteiger partial charge is 0.435 e. The van der Waals surface area contributed by atoms with E-state index in [-0.39, 0.29) is 5.75 Å². The van der Waals surface area contributed by atoms with Crippen LogP contribution in [-0.2, 0) is 16.0 Å². The number of aromatic nitrogens is 4. The van der Waals surface area contributed by atoms with Gasteiger partial charge >= 0.3 is 6.61 Å². The lowest BCUT2D eigenvalue weighted by molar-refractivity contribution is -0.126. The first-order valence-corrected chi connectivity index (χ1v) is 13.0. The maximum atomic E-state index is 12.8. The van der Waals surface area contributed by atoms with Crippen molar-refractivity contribution in [2.45, 2.75) is 57.7 Å². The van der Waals surface area contributed by atoms with E-state index in [0.29, 0.717) is 16.6 Å². The fraction of sp³-hybridized carbons (Fsp3) is 0.423. The van der Waals surface area contributed by atoms with Crippen molar-refractivity contribution in [3.05, 3.63) is 64.4 Å². The third-order valence-electron chi connectivity index (χ3n) is 6.25. The Hall–Kier alpha value is -3.31. The first-order chi connectivity index (χ1) is 18.0. The van der Waals surface area contributed by atoms with Gasteiger partial charge < -0.3 is 9.47 Å². The molecular formula is C26H29F2N5O3S. The summed E-state index contributed by atoms with van der Waals surface area (Å²) in [6.07, 6.45) is 10.3. The zero-order chi connectivity index (χ0) is 26.0. The molecule has 0 spiro atoms. The number of anilines is 1. The Morgan fingerprint density at radius 3 is 2.76 bits per heavy atom. The van der Waals surface area contributed by atoms with Crippen LogP contribution in [0.15, 0.2) is 48.2 Å². The van der Waals surface area contributed by atoms with E-state index >= 15 is 0 Å². The van der Waals surface area contributed by atoms with Crippen LogP contribution in [0.4, 0.5) is 13.9 Å². The molecule has 1 atom stereocenters. The number of hydrogen-bond acceptors (Lipinski definition) is 8. The SMILES string of the molecule is COC(C(=O)Nc1nnc(CCCC2CCC(=Cc3cccnn3)CC2)s1)c1cccc(OC(F)F)c1. The molecule has 2 aromatic heterocycles. The van der Waals surface area contributed by atoms with Crippen molar-refractivity contribution in [3.63, 3.8) is 0 Å². The monoisotopic (exact) mass is 529 g/mol. The minimum Gasteiger partial charge on any atom is -0.435 e. The van der Waals surface area contributed by atoms with Gasteiger partial charge in [-0.2, -0.15) is 19.0 Å². The normalized spacial score (nSPS) is 16.4. The topological polar surface area (TPSA) is 99.1 Å². The highest BCUT2D eigenvalue weighted by Gasteiger charge is 2.23. The molecule has 1 N–H and O–H groups in total. The van der Waals surface area contributed by atoms with E-state index < -0.39 is 18.6 Å². The van der Waals surface area contributed by atoms with Crippen LogP contribution in [0.3, 0.4) is 0 Å². The minimum atomic E-state index is -2.95. The Morgan fingerprint density at radius 2 is 2.03 bits per heavy atom. The molecule has 0 saturated heterocycles. The molecule has 1 aliphatic rings. The van der Waals surface area contributed by atoms with E-state index in [1.807, 2.05) is 12.1 Å². The maximum Gasteiger partial charge on any atom is 0.387 e. The summed E-state index contributed by atoms with van der Waals surface area (Å²) in [5.74, 6) is 0.182. The molecule has 1 amide bonds. The number of nitrogens with one attached hydrogen (secondary N) is 1. The van der Waals surface area contributed by atoms with Crippen molar-refractivity contribution in [2.75, 3.05) is 12.4 Å². The number of benzene rings is 1. The van der Waals surface area contributed by atoms with E-state index in [2.05, 4.69) is 36.5 Å². The van der Waals surface area contributed by atoms with E-state index in [1.54, 1.807) is 12.3 Å². The zero-order valence-corrected chi connectivity index (χ0v) is 21.3. The molecule has 8 nitrogen and oxygen atoms in total. The number of aryl methyl sites for hydroxylation is 1. The maximum absolute atomic E-state index is 12.8. The van der Waals surface area contributed by atoms with Gasteiger partial charge in [-0.15, -0.1) is 10.2 Å². The Labute approximate surface area is 218 Å². The molecule has 1 saturated carbocycles. The number of ether oxygens (including phenoxy) is 2. The highest BCUT2D eigenvalue weighted by molar-refractivity contribution is 7.15. The summed E-state index contributed by atoms with van der Waals surface area (Å²) in [6, 6.07) is 9.75. The third-order valence-corrected chi connectivity index (χ3v) is 7.15. The average Bonchev–Trinajstić information content (AvgIpc) is 3.33. The molecule has 0 aliphatic heterocycles. The second kappa shape index (κ2) is 13.3. The predicted molar refractivity (Wildman–Crippen MR) is 136 cm³/mol. The second-order valence-corrected chi connectivity index (χ2v) is 9.91. The van der Waals surface area contributed by atoms with Gasteiger partial charge in [0.05, 0.1) is 5.69 Å². The molecule has 4 rings (SSSR count). The molecule has 196 valence electrons. The van der Waals surface area contributed by atoms with Gasteiger partial charge in [0, 0.05) is 19.7 Å². The first kappa shape index (κ1) is 26.7. The third kappa shape index (κ3) is 8.09. The van der Waals surface area contributed by atoms with Crippen LogP contribution >= 0.6 is 11.3 Å². The lowest BCUT2D eigenvalue weighted by Crippen LogP contribution is -2.22. The number of carbonyl (C=O) groups excluding carboxylic acids is 1. The molecule has 1 aromatic carbocycles. The highest BCUT2D eigenvalue weighted by atomic mass is 32.1. The van der Waals surface area contributed by atoms with Crippen LogP contribution < -0.4 is 10.1 Å². The van der Waals surface area contributed by atoms with E-state index in [0.717, 1.165) is 42.8 Å². The van der Waals surface area contributed by atoms with Crippen molar-refractivity contribution < 1.29 is 23.0 Å². The van der Waals surface area contributed by atoms with Crippen LogP contribution in [0.25, 0.3) is 6.08 Å². The van der Waals surface area contributed by atoms with E-state index in [9.17, 15) is 13.6 Å². The molecular weight excluding hydrogens is 500 g/mol. The van der Waals surface area contributed by atoms with Gasteiger partial charge in [-0.1, -0.05) is 35.5 Å². The average molecular weight is 530 g/mol. The number of halogens is 2. The lowest BCUT2D eigenvalue weighted by Gasteiger charge is -2.23. The summed E-state index contributed by atoms with van der Waals surface area (Å²) >= 11 is 1.33. The molecule has 1 aliphatic carbocycles. The molecule has 11 heteroatoms. The van der Waals surface area contributed by atoms with Gasteiger partial charge in [0.15, 0.2) is 6.10 Å². The van der Waals surface area contributed by atoms with Crippen LogP contribution in [0, 0.1) is 5.92 Å². The number of methoxy groups -OCH3 is 1. The number of rotatable bonds is 11. The van der Waals surface area contributed by atoms with Crippen LogP contribution in [0.5, 0.6) is 5.75 Å². The molecule has 3 aromatic rings. The summed E-state index contributed by atoms with van der Waals surface area (Å²) in [4.78, 5) is 12.8. The van der Waals surface area contributed by atoms with Crippen LogP contribution in [-0.4, -0.2) is 40.0 Å².